The summed E-state index contributed by atoms with van der Waals surface area (Å²) >= 11 is 1.13. The van der Waals surface area contributed by atoms with E-state index in [-0.39, 0.29) is 13.2 Å². The Morgan fingerprint density at radius 2 is 2.04 bits per heavy atom. The molecule has 0 aromatic carbocycles. The second kappa shape index (κ2) is 10.3. The third kappa shape index (κ3) is 6.11. The summed E-state index contributed by atoms with van der Waals surface area (Å²) in [5.41, 5.74) is 0. The molecule has 2 aliphatic rings. The van der Waals surface area contributed by atoms with Gasteiger partial charge in [-0.05, 0) is 31.1 Å². The highest BCUT2D eigenvalue weighted by Gasteiger charge is 2.38. The fraction of sp³-hybridized carbons (Fsp3) is 0.867. The van der Waals surface area contributed by atoms with Crippen LogP contribution in [0.4, 0.5) is 0 Å². The van der Waals surface area contributed by atoms with Crippen molar-refractivity contribution in [2.75, 3.05) is 32.2 Å². The molecule has 2 heterocycles. The average molecular weight is 382 g/mol. The quantitative estimate of drug-likeness (QED) is 0.337. The lowest BCUT2D eigenvalue weighted by Gasteiger charge is -2.25. The van der Waals surface area contributed by atoms with Gasteiger partial charge in [0.05, 0.1) is 25.4 Å². The van der Waals surface area contributed by atoms with Crippen LogP contribution in [0.5, 0.6) is 0 Å². The highest BCUT2D eigenvalue weighted by molar-refractivity contribution is 8.55. The predicted octanol–water partition coefficient (Wildman–Crippen LogP) is 2.13. The molecule has 0 amide bonds. The zero-order valence-electron chi connectivity index (χ0n) is 13.9. The minimum Gasteiger partial charge on any atom is -0.394 e. The Morgan fingerprint density at radius 3 is 2.71 bits per heavy atom. The van der Waals surface area contributed by atoms with Gasteiger partial charge in [0, 0.05) is 25.4 Å². The van der Waals surface area contributed by atoms with Crippen LogP contribution in [0.15, 0.2) is 12.2 Å². The van der Waals surface area contributed by atoms with E-state index in [9.17, 15) is 14.8 Å². The van der Waals surface area contributed by atoms with Crippen LogP contribution in [0.3, 0.4) is 0 Å². The molecule has 2 aliphatic heterocycles. The molecule has 0 radical (unpaired) electrons. The molecule has 2 unspecified atom stereocenters. The van der Waals surface area contributed by atoms with E-state index in [0.717, 1.165) is 17.8 Å². The van der Waals surface area contributed by atoms with Crippen molar-refractivity contribution in [1.82, 2.24) is 0 Å². The van der Waals surface area contributed by atoms with Gasteiger partial charge in [0.1, 0.15) is 12.2 Å². The topological polar surface area (TPSA) is 94.5 Å². The average Bonchev–Trinajstić information content (AvgIpc) is 3.18. The number of hydrogen-bond donors (Lipinski definition) is 2. The number of allylic oxidation sites excluding steroid dienone is 2. The van der Waals surface area contributed by atoms with Crippen molar-refractivity contribution >= 4 is 18.2 Å². The van der Waals surface area contributed by atoms with E-state index in [0.29, 0.717) is 31.8 Å². The number of aliphatic hydroxyl groups excluding tert-OH is 2. The maximum Gasteiger partial charge on any atom is 0.389 e. The number of ether oxygens (including phenoxy) is 2. The second-order valence-electron chi connectivity index (χ2n) is 5.72. The Kier molecular flexibility index (Phi) is 8.74. The van der Waals surface area contributed by atoms with E-state index in [1.165, 1.54) is 0 Å². The Bertz CT molecular complexity index is 448. The monoisotopic (exact) mass is 382 g/mol. The van der Waals surface area contributed by atoms with Gasteiger partial charge in [-0.25, -0.2) is 4.57 Å². The Hall–Kier alpha value is 0.0800. The number of rotatable bonds is 10. The molecule has 2 fully saturated rings. The summed E-state index contributed by atoms with van der Waals surface area (Å²) in [6, 6.07) is 0. The van der Waals surface area contributed by atoms with Gasteiger partial charge in [0.2, 0.25) is 0 Å². The maximum absolute atomic E-state index is 13.1. The first-order valence-electron chi connectivity index (χ1n) is 8.29. The van der Waals surface area contributed by atoms with Crippen LogP contribution >= 0.6 is 18.2 Å². The van der Waals surface area contributed by atoms with Crippen molar-refractivity contribution in [1.29, 1.82) is 0 Å². The molecule has 24 heavy (non-hydrogen) atoms. The van der Waals surface area contributed by atoms with Crippen LogP contribution in [-0.4, -0.2) is 66.8 Å². The molecule has 0 bridgehead atoms. The lowest BCUT2D eigenvalue weighted by Crippen LogP contribution is -2.28. The van der Waals surface area contributed by atoms with Crippen molar-refractivity contribution in [2.24, 2.45) is 0 Å². The van der Waals surface area contributed by atoms with E-state index < -0.39 is 31.2 Å². The van der Waals surface area contributed by atoms with Gasteiger partial charge in [-0.1, -0.05) is 12.2 Å². The standard InChI is InChI=1S/C15H27O7PS/c1-2-3-4-9-24-23(18,21-11-15-12(17)5-7-20-15)22-13-6-8-19-14(13)10-16/h2-3,12-17H,4-11H2,1H3/b3-2+/t12?,13?,14-,15-,23+/m1/s1. The summed E-state index contributed by atoms with van der Waals surface area (Å²) in [6.45, 7) is -0.739. The Balaban J connectivity index is 1.92. The SMILES string of the molecule is C/C=C/CCS[P@@](=O)(OC[C@H]1OCCC1O)OC1CCO[C@@H]1CO. The van der Waals surface area contributed by atoms with Gasteiger partial charge >= 0.3 is 6.80 Å². The Labute approximate surface area is 147 Å². The maximum atomic E-state index is 13.1. The van der Waals surface area contributed by atoms with Crippen LogP contribution in [0.2, 0.25) is 0 Å². The molecule has 2 rings (SSSR count). The van der Waals surface area contributed by atoms with Crippen molar-refractivity contribution in [2.45, 2.75) is 50.6 Å². The zero-order chi connectivity index (χ0) is 17.4. The van der Waals surface area contributed by atoms with Crippen molar-refractivity contribution in [3.63, 3.8) is 0 Å². The van der Waals surface area contributed by atoms with E-state index in [1.54, 1.807) is 0 Å². The molecule has 0 aliphatic carbocycles. The molecular weight excluding hydrogens is 355 g/mol. The molecule has 7 nitrogen and oxygen atoms in total. The first-order valence-corrected chi connectivity index (χ1v) is 11.4. The van der Waals surface area contributed by atoms with Crippen LogP contribution in [0.25, 0.3) is 0 Å². The fourth-order valence-electron chi connectivity index (χ4n) is 2.54. The molecule has 140 valence electrons. The number of aliphatic hydroxyl groups is 2. The summed E-state index contributed by atoms with van der Waals surface area (Å²) in [7, 11) is 0. The van der Waals surface area contributed by atoms with Crippen molar-refractivity contribution in [3.8, 4) is 0 Å². The van der Waals surface area contributed by atoms with Gasteiger partial charge in [-0.15, -0.1) is 0 Å². The van der Waals surface area contributed by atoms with Gasteiger partial charge in [-0.3, -0.25) is 9.05 Å². The van der Waals surface area contributed by atoms with Crippen molar-refractivity contribution in [3.05, 3.63) is 12.2 Å². The van der Waals surface area contributed by atoms with Crippen LogP contribution in [0.1, 0.15) is 26.2 Å². The smallest absolute Gasteiger partial charge is 0.389 e. The first kappa shape index (κ1) is 20.4. The molecule has 2 N–H and O–H groups in total. The van der Waals surface area contributed by atoms with Gasteiger partial charge < -0.3 is 19.7 Å². The highest BCUT2D eigenvalue weighted by atomic mass is 32.7. The largest absolute Gasteiger partial charge is 0.394 e. The van der Waals surface area contributed by atoms with E-state index >= 15 is 0 Å². The molecule has 0 saturated carbocycles. The fourth-order valence-corrected chi connectivity index (χ4v) is 6.01. The van der Waals surface area contributed by atoms with Gasteiger partial charge in [0.25, 0.3) is 0 Å². The molecule has 0 aromatic heterocycles. The van der Waals surface area contributed by atoms with E-state index in [4.69, 9.17) is 18.5 Å². The van der Waals surface area contributed by atoms with Gasteiger partial charge in [0.15, 0.2) is 0 Å². The highest BCUT2D eigenvalue weighted by Crippen LogP contribution is 2.62. The second-order valence-corrected chi connectivity index (χ2v) is 9.87. The summed E-state index contributed by atoms with van der Waals surface area (Å²) in [5.74, 6) is 0.590. The molecule has 2 saturated heterocycles. The van der Waals surface area contributed by atoms with Crippen molar-refractivity contribution < 1.29 is 33.3 Å². The van der Waals surface area contributed by atoms with E-state index in [1.807, 2.05) is 19.1 Å². The molecule has 9 heteroatoms. The normalized spacial score (nSPS) is 33.3. The third-order valence-electron chi connectivity index (χ3n) is 3.93. The van der Waals surface area contributed by atoms with Crippen LogP contribution in [-0.2, 0) is 23.1 Å². The van der Waals surface area contributed by atoms with E-state index in [2.05, 4.69) is 0 Å². The number of hydrogen-bond acceptors (Lipinski definition) is 8. The predicted molar refractivity (Wildman–Crippen MR) is 92.1 cm³/mol. The lowest BCUT2D eigenvalue weighted by atomic mass is 10.2. The summed E-state index contributed by atoms with van der Waals surface area (Å²) in [5, 5.41) is 19.1. The minimum atomic E-state index is -3.44. The van der Waals surface area contributed by atoms with Gasteiger partial charge in [-0.2, -0.15) is 0 Å². The lowest BCUT2D eigenvalue weighted by molar-refractivity contribution is -0.00612. The van der Waals surface area contributed by atoms with Crippen LogP contribution < -0.4 is 0 Å². The summed E-state index contributed by atoms with van der Waals surface area (Å²) < 4.78 is 35.1. The van der Waals surface area contributed by atoms with Crippen LogP contribution in [0, 0.1) is 0 Å². The molecular formula is C15H27O7PS. The third-order valence-corrected chi connectivity index (χ3v) is 7.73. The summed E-state index contributed by atoms with van der Waals surface area (Å²) in [6.07, 6.45) is 3.77. The molecule has 0 aromatic rings. The zero-order valence-corrected chi connectivity index (χ0v) is 15.6. The first-order chi connectivity index (χ1) is 11.6. The minimum absolute atomic E-state index is 0.0203. The molecule has 5 atom stereocenters. The molecule has 0 spiro atoms. The Morgan fingerprint density at radius 1 is 1.29 bits per heavy atom. The summed E-state index contributed by atoms with van der Waals surface area (Å²) in [4.78, 5) is 0.